The zero-order valence-electron chi connectivity index (χ0n) is 12.1. The first-order chi connectivity index (χ1) is 9.99. The number of aromatic nitrogens is 1. The maximum atomic E-state index is 11.7. The second-order valence-corrected chi connectivity index (χ2v) is 5.03. The fraction of sp³-hybridized carbons (Fsp3) is 0.333. The van der Waals surface area contributed by atoms with Gasteiger partial charge in [0.05, 0.1) is 13.1 Å². The summed E-state index contributed by atoms with van der Waals surface area (Å²) in [6, 6.07) is 8.83. The molecular weight excluding hydrogens is 270 g/mol. The highest BCUT2D eigenvalue weighted by Crippen LogP contribution is 2.18. The van der Waals surface area contributed by atoms with Crippen LogP contribution in [0.4, 0.5) is 4.79 Å². The normalized spacial score (nSPS) is 13.5. The lowest BCUT2D eigenvalue weighted by Gasteiger charge is -2.24. The topological polar surface area (TPSA) is 87.4 Å². The van der Waals surface area contributed by atoms with E-state index in [4.69, 9.17) is 4.42 Å². The van der Waals surface area contributed by atoms with Crippen LogP contribution in [0, 0.1) is 6.92 Å². The molecule has 2 rings (SSSR count). The number of aryl methyl sites for hydroxylation is 1. The first kappa shape index (κ1) is 15.1. The smallest absolute Gasteiger partial charge is 0.315 e. The molecule has 0 aliphatic rings. The number of oxazole rings is 1. The average Bonchev–Trinajstić information content (AvgIpc) is 2.89. The van der Waals surface area contributed by atoms with E-state index in [1.165, 1.54) is 6.39 Å². The molecule has 1 atom stereocenters. The Kier molecular flexibility index (Phi) is 4.59. The summed E-state index contributed by atoms with van der Waals surface area (Å²) < 4.78 is 5.05. The van der Waals surface area contributed by atoms with Crippen molar-refractivity contribution in [1.29, 1.82) is 0 Å². The third kappa shape index (κ3) is 4.06. The van der Waals surface area contributed by atoms with Gasteiger partial charge < -0.3 is 20.2 Å². The maximum absolute atomic E-state index is 11.7. The lowest BCUT2D eigenvalue weighted by atomic mass is 9.96. The molecule has 0 saturated heterocycles. The summed E-state index contributed by atoms with van der Waals surface area (Å²) in [5, 5.41) is 15.7. The predicted molar refractivity (Wildman–Crippen MR) is 77.5 cm³/mol. The van der Waals surface area contributed by atoms with E-state index >= 15 is 0 Å². The Hall–Kier alpha value is -2.34. The molecule has 0 spiro atoms. The van der Waals surface area contributed by atoms with Crippen LogP contribution < -0.4 is 10.6 Å². The van der Waals surface area contributed by atoms with Gasteiger partial charge in [-0.15, -0.1) is 0 Å². The molecule has 0 aliphatic heterocycles. The van der Waals surface area contributed by atoms with Crippen molar-refractivity contribution in [2.45, 2.75) is 26.0 Å². The Morgan fingerprint density at radius 1 is 1.33 bits per heavy atom. The minimum atomic E-state index is -1.12. The summed E-state index contributed by atoms with van der Waals surface area (Å²) in [6.07, 6.45) is 1.34. The molecule has 21 heavy (non-hydrogen) atoms. The highest BCUT2D eigenvalue weighted by molar-refractivity contribution is 5.73. The van der Waals surface area contributed by atoms with Crippen LogP contribution >= 0.6 is 0 Å². The van der Waals surface area contributed by atoms with Gasteiger partial charge in [-0.05, 0) is 19.4 Å². The van der Waals surface area contributed by atoms with Crippen molar-refractivity contribution < 1.29 is 14.3 Å². The molecule has 1 aromatic heterocycles. The van der Waals surface area contributed by atoms with Crippen LogP contribution in [0.5, 0.6) is 0 Å². The highest BCUT2D eigenvalue weighted by Gasteiger charge is 2.23. The SMILES string of the molecule is Cc1ocnc1CNC(=O)NCC(C)(O)c1ccccc1. The van der Waals surface area contributed by atoms with Gasteiger partial charge >= 0.3 is 6.03 Å². The van der Waals surface area contributed by atoms with E-state index < -0.39 is 5.60 Å². The number of nitrogens with zero attached hydrogens (tertiary/aromatic N) is 1. The van der Waals surface area contributed by atoms with Crippen LogP contribution in [-0.4, -0.2) is 22.7 Å². The molecule has 1 heterocycles. The number of carbonyl (C=O) groups is 1. The number of benzene rings is 1. The van der Waals surface area contributed by atoms with Gasteiger partial charge in [0, 0.05) is 0 Å². The molecule has 1 unspecified atom stereocenters. The summed E-state index contributed by atoms with van der Waals surface area (Å²) >= 11 is 0. The van der Waals surface area contributed by atoms with Crippen LogP contribution in [0.1, 0.15) is 23.9 Å². The standard InChI is InChI=1S/C15H19N3O3/c1-11-13(18-10-21-11)8-16-14(19)17-9-15(2,20)12-6-4-3-5-7-12/h3-7,10,20H,8-9H2,1-2H3,(H2,16,17,19). The predicted octanol–water partition coefficient (Wildman–Crippen LogP) is 1.69. The van der Waals surface area contributed by atoms with Crippen LogP contribution in [0.15, 0.2) is 41.1 Å². The number of rotatable bonds is 5. The maximum Gasteiger partial charge on any atom is 0.315 e. The Balaban J connectivity index is 1.82. The third-order valence-corrected chi connectivity index (χ3v) is 3.25. The highest BCUT2D eigenvalue weighted by atomic mass is 16.3. The number of hydrogen-bond donors (Lipinski definition) is 3. The summed E-state index contributed by atoms with van der Waals surface area (Å²) in [6.45, 7) is 3.83. The van der Waals surface area contributed by atoms with Gasteiger partial charge in [0.15, 0.2) is 6.39 Å². The quantitative estimate of drug-likeness (QED) is 0.781. The molecule has 0 aliphatic carbocycles. The number of urea groups is 1. The van der Waals surface area contributed by atoms with Crippen molar-refractivity contribution in [3.8, 4) is 0 Å². The largest absolute Gasteiger partial charge is 0.448 e. The van der Waals surface area contributed by atoms with E-state index in [2.05, 4.69) is 15.6 Å². The van der Waals surface area contributed by atoms with Crippen molar-refractivity contribution in [2.75, 3.05) is 6.54 Å². The molecule has 6 nitrogen and oxygen atoms in total. The Bertz CT molecular complexity index is 593. The van der Waals surface area contributed by atoms with Gasteiger partial charge in [-0.25, -0.2) is 9.78 Å². The average molecular weight is 289 g/mol. The van der Waals surface area contributed by atoms with Crippen molar-refractivity contribution in [2.24, 2.45) is 0 Å². The minimum Gasteiger partial charge on any atom is -0.448 e. The fourth-order valence-corrected chi connectivity index (χ4v) is 1.88. The van der Waals surface area contributed by atoms with E-state index in [-0.39, 0.29) is 19.1 Å². The first-order valence-corrected chi connectivity index (χ1v) is 6.67. The van der Waals surface area contributed by atoms with Gasteiger partial charge in [0.25, 0.3) is 0 Å². The van der Waals surface area contributed by atoms with E-state index in [1.807, 2.05) is 30.3 Å². The number of nitrogens with one attached hydrogen (secondary N) is 2. The molecule has 112 valence electrons. The summed E-state index contributed by atoms with van der Waals surface area (Å²) in [4.78, 5) is 15.7. The molecule has 1 aromatic carbocycles. The Morgan fingerprint density at radius 3 is 2.67 bits per heavy atom. The van der Waals surface area contributed by atoms with E-state index in [1.54, 1.807) is 13.8 Å². The second-order valence-electron chi connectivity index (χ2n) is 5.03. The number of carbonyl (C=O) groups excluding carboxylic acids is 1. The number of amides is 2. The summed E-state index contributed by atoms with van der Waals surface area (Å²) in [5.74, 6) is 0.673. The number of hydrogen-bond acceptors (Lipinski definition) is 4. The van der Waals surface area contributed by atoms with Gasteiger partial charge in [0.1, 0.15) is 17.1 Å². The van der Waals surface area contributed by atoms with Crippen LogP contribution in [-0.2, 0) is 12.1 Å². The minimum absolute atomic E-state index is 0.112. The van der Waals surface area contributed by atoms with Crippen LogP contribution in [0.25, 0.3) is 0 Å². The monoisotopic (exact) mass is 289 g/mol. The molecule has 2 amide bonds. The Morgan fingerprint density at radius 2 is 2.05 bits per heavy atom. The van der Waals surface area contributed by atoms with Crippen LogP contribution in [0.2, 0.25) is 0 Å². The molecule has 6 heteroatoms. The third-order valence-electron chi connectivity index (χ3n) is 3.25. The molecule has 0 fully saturated rings. The van der Waals surface area contributed by atoms with Crippen molar-refractivity contribution in [1.82, 2.24) is 15.6 Å². The zero-order valence-corrected chi connectivity index (χ0v) is 12.1. The van der Waals surface area contributed by atoms with Crippen molar-refractivity contribution >= 4 is 6.03 Å². The number of aliphatic hydroxyl groups is 1. The molecule has 0 radical (unpaired) electrons. The van der Waals surface area contributed by atoms with E-state index in [0.717, 1.165) is 5.56 Å². The van der Waals surface area contributed by atoms with Gasteiger partial charge in [-0.2, -0.15) is 0 Å². The Labute approximate surface area is 123 Å². The van der Waals surface area contributed by atoms with E-state index in [9.17, 15) is 9.90 Å². The second kappa shape index (κ2) is 6.41. The van der Waals surface area contributed by atoms with Gasteiger partial charge in [-0.3, -0.25) is 0 Å². The van der Waals surface area contributed by atoms with E-state index in [0.29, 0.717) is 11.5 Å². The van der Waals surface area contributed by atoms with Crippen molar-refractivity contribution in [3.63, 3.8) is 0 Å². The first-order valence-electron chi connectivity index (χ1n) is 6.67. The lowest BCUT2D eigenvalue weighted by molar-refractivity contribution is 0.0594. The molecular formula is C15H19N3O3. The zero-order chi connectivity index (χ0) is 15.3. The van der Waals surface area contributed by atoms with Gasteiger partial charge in [0.2, 0.25) is 0 Å². The molecule has 0 saturated carbocycles. The fourth-order valence-electron chi connectivity index (χ4n) is 1.88. The van der Waals surface area contributed by atoms with Crippen LogP contribution in [0.3, 0.4) is 0 Å². The molecule has 3 N–H and O–H groups in total. The lowest BCUT2D eigenvalue weighted by Crippen LogP contribution is -2.43. The molecule has 0 bridgehead atoms. The van der Waals surface area contributed by atoms with Gasteiger partial charge in [-0.1, -0.05) is 30.3 Å². The molecule has 2 aromatic rings. The summed E-state index contributed by atoms with van der Waals surface area (Å²) in [5.41, 5.74) is 0.306. The summed E-state index contributed by atoms with van der Waals surface area (Å²) in [7, 11) is 0. The van der Waals surface area contributed by atoms with Crippen molar-refractivity contribution in [3.05, 3.63) is 53.7 Å².